The minimum Gasteiger partial charge on any atom is -0.475 e. The average Bonchev–Trinajstić information content (AvgIpc) is 2.66. The third-order valence-electron chi connectivity index (χ3n) is 2.42. The zero-order chi connectivity index (χ0) is 13.3. The summed E-state index contributed by atoms with van der Waals surface area (Å²) in [4.78, 5) is 22.8. The standard InChI is InChI=1S/C11H10FN3O3/c1-2-14-9(10(16)17)13-15(11(14)18)8-5-3-4-7(12)6-8/h3-6H,2H2,1H3,(H,16,17). The van der Waals surface area contributed by atoms with Crippen LogP contribution in [0.15, 0.2) is 29.1 Å². The highest BCUT2D eigenvalue weighted by Crippen LogP contribution is 2.07. The lowest BCUT2D eigenvalue weighted by Gasteiger charge is -1.98. The van der Waals surface area contributed by atoms with Gasteiger partial charge in [0.25, 0.3) is 0 Å². The molecular formula is C11H10FN3O3. The Balaban J connectivity index is 2.66. The van der Waals surface area contributed by atoms with E-state index in [1.807, 2.05) is 0 Å². The van der Waals surface area contributed by atoms with Crippen molar-refractivity contribution in [3.05, 3.63) is 46.4 Å². The number of aromatic carboxylic acids is 1. The molecule has 0 aliphatic rings. The quantitative estimate of drug-likeness (QED) is 0.878. The van der Waals surface area contributed by atoms with Crippen LogP contribution in [-0.4, -0.2) is 25.4 Å². The Morgan fingerprint density at radius 2 is 2.22 bits per heavy atom. The lowest BCUT2D eigenvalue weighted by molar-refractivity contribution is 0.0677. The number of carboxylic acid groups (broad SMARTS) is 1. The van der Waals surface area contributed by atoms with E-state index in [9.17, 15) is 14.0 Å². The van der Waals surface area contributed by atoms with Crippen molar-refractivity contribution in [2.24, 2.45) is 0 Å². The van der Waals surface area contributed by atoms with Gasteiger partial charge >= 0.3 is 11.7 Å². The van der Waals surface area contributed by atoms with Crippen LogP contribution in [0.4, 0.5) is 4.39 Å². The maximum Gasteiger partial charge on any atom is 0.374 e. The van der Waals surface area contributed by atoms with E-state index in [-0.39, 0.29) is 18.1 Å². The molecule has 0 fully saturated rings. The predicted molar refractivity (Wildman–Crippen MR) is 60.4 cm³/mol. The van der Waals surface area contributed by atoms with Gasteiger partial charge < -0.3 is 5.11 Å². The molecule has 2 rings (SSSR count). The molecule has 0 aliphatic carbocycles. The van der Waals surface area contributed by atoms with Crippen LogP contribution in [0.1, 0.15) is 17.5 Å². The van der Waals surface area contributed by atoms with Crippen molar-refractivity contribution in [3.8, 4) is 5.69 Å². The number of hydrogen-bond acceptors (Lipinski definition) is 3. The summed E-state index contributed by atoms with van der Waals surface area (Å²) < 4.78 is 14.9. The molecule has 1 aromatic heterocycles. The second kappa shape index (κ2) is 4.44. The molecule has 0 aliphatic heterocycles. The molecule has 94 valence electrons. The van der Waals surface area contributed by atoms with E-state index >= 15 is 0 Å². The molecule has 0 bridgehead atoms. The normalized spacial score (nSPS) is 10.6. The second-order valence-electron chi connectivity index (χ2n) is 3.55. The molecule has 7 heteroatoms. The van der Waals surface area contributed by atoms with E-state index in [1.54, 1.807) is 6.92 Å². The Bertz CT molecular complexity index is 660. The highest BCUT2D eigenvalue weighted by molar-refractivity contribution is 5.83. The monoisotopic (exact) mass is 251 g/mol. The van der Waals surface area contributed by atoms with E-state index in [0.29, 0.717) is 0 Å². The fraction of sp³-hybridized carbons (Fsp3) is 0.182. The van der Waals surface area contributed by atoms with Crippen molar-refractivity contribution in [3.63, 3.8) is 0 Å². The Hall–Kier alpha value is -2.44. The summed E-state index contributed by atoms with van der Waals surface area (Å²) in [6, 6.07) is 5.23. The highest BCUT2D eigenvalue weighted by Gasteiger charge is 2.18. The van der Waals surface area contributed by atoms with Gasteiger partial charge in [-0.25, -0.2) is 14.0 Å². The van der Waals surface area contributed by atoms with E-state index in [1.165, 1.54) is 18.2 Å². The van der Waals surface area contributed by atoms with Crippen LogP contribution < -0.4 is 5.69 Å². The van der Waals surface area contributed by atoms with Crippen LogP contribution in [0.2, 0.25) is 0 Å². The largest absolute Gasteiger partial charge is 0.475 e. The first-order valence-electron chi connectivity index (χ1n) is 5.23. The fourth-order valence-electron chi connectivity index (χ4n) is 1.62. The van der Waals surface area contributed by atoms with E-state index in [0.717, 1.165) is 15.3 Å². The molecule has 2 aromatic rings. The van der Waals surface area contributed by atoms with Gasteiger partial charge in [-0.3, -0.25) is 4.57 Å². The minimum absolute atomic E-state index is 0.176. The lowest BCUT2D eigenvalue weighted by atomic mass is 10.3. The number of carbonyl (C=O) groups is 1. The zero-order valence-electron chi connectivity index (χ0n) is 9.50. The van der Waals surface area contributed by atoms with E-state index < -0.39 is 17.5 Å². The van der Waals surface area contributed by atoms with Gasteiger partial charge in [0.2, 0.25) is 5.82 Å². The van der Waals surface area contributed by atoms with Gasteiger partial charge in [0.1, 0.15) is 5.82 Å². The molecule has 0 amide bonds. The van der Waals surface area contributed by atoms with Crippen molar-refractivity contribution >= 4 is 5.97 Å². The van der Waals surface area contributed by atoms with Crippen molar-refractivity contribution in [2.45, 2.75) is 13.5 Å². The zero-order valence-corrected chi connectivity index (χ0v) is 9.50. The van der Waals surface area contributed by atoms with Gasteiger partial charge in [0.15, 0.2) is 0 Å². The van der Waals surface area contributed by atoms with Crippen molar-refractivity contribution in [2.75, 3.05) is 0 Å². The summed E-state index contributed by atoms with van der Waals surface area (Å²) in [5.41, 5.74) is -0.421. The first kappa shape index (κ1) is 12.0. The third-order valence-corrected chi connectivity index (χ3v) is 2.42. The number of benzene rings is 1. The molecule has 1 heterocycles. The average molecular weight is 251 g/mol. The number of rotatable bonds is 3. The van der Waals surface area contributed by atoms with Gasteiger partial charge in [0, 0.05) is 6.54 Å². The second-order valence-corrected chi connectivity index (χ2v) is 3.55. The topological polar surface area (TPSA) is 77.1 Å². The number of carboxylic acids is 1. The summed E-state index contributed by atoms with van der Waals surface area (Å²) >= 11 is 0. The van der Waals surface area contributed by atoms with Crippen LogP contribution in [0.3, 0.4) is 0 Å². The summed E-state index contributed by atoms with van der Waals surface area (Å²) in [6.45, 7) is 1.81. The minimum atomic E-state index is -1.30. The van der Waals surface area contributed by atoms with Crippen LogP contribution in [0.5, 0.6) is 0 Å². The number of hydrogen-bond donors (Lipinski definition) is 1. The number of halogens is 1. The Morgan fingerprint density at radius 1 is 1.50 bits per heavy atom. The molecule has 0 saturated heterocycles. The van der Waals surface area contributed by atoms with Gasteiger partial charge in [-0.1, -0.05) is 6.07 Å². The summed E-state index contributed by atoms with van der Waals surface area (Å²) in [6.07, 6.45) is 0. The molecular weight excluding hydrogens is 241 g/mol. The SMILES string of the molecule is CCn1c(C(=O)O)nn(-c2cccc(F)c2)c1=O. The summed E-state index contributed by atoms with van der Waals surface area (Å²) in [7, 11) is 0. The van der Waals surface area contributed by atoms with E-state index in [2.05, 4.69) is 5.10 Å². The number of nitrogens with zero attached hydrogens (tertiary/aromatic N) is 3. The highest BCUT2D eigenvalue weighted by atomic mass is 19.1. The molecule has 0 spiro atoms. The first-order chi connectivity index (χ1) is 8.54. The van der Waals surface area contributed by atoms with E-state index in [4.69, 9.17) is 5.11 Å². The molecule has 1 N–H and O–H groups in total. The first-order valence-corrected chi connectivity index (χ1v) is 5.23. The maximum absolute atomic E-state index is 13.1. The van der Waals surface area contributed by atoms with Crippen LogP contribution in [0, 0.1) is 5.82 Å². The van der Waals surface area contributed by atoms with Gasteiger partial charge in [-0.2, -0.15) is 4.68 Å². The Morgan fingerprint density at radius 3 is 2.72 bits per heavy atom. The van der Waals surface area contributed by atoms with Crippen molar-refractivity contribution in [1.29, 1.82) is 0 Å². The number of aromatic nitrogens is 3. The van der Waals surface area contributed by atoms with Gasteiger partial charge in [-0.15, -0.1) is 5.10 Å². The smallest absolute Gasteiger partial charge is 0.374 e. The molecule has 0 atom stereocenters. The molecule has 18 heavy (non-hydrogen) atoms. The van der Waals surface area contributed by atoms with Gasteiger partial charge in [0.05, 0.1) is 5.69 Å². The molecule has 0 saturated carbocycles. The summed E-state index contributed by atoms with van der Waals surface area (Å²) in [5.74, 6) is -2.20. The predicted octanol–water partition coefficient (Wildman–Crippen LogP) is 0.891. The van der Waals surface area contributed by atoms with Gasteiger partial charge in [-0.05, 0) is 25.1 Å². The van der Waals surface area contributed by atoms with Crippen molar-refractivity contribution in [1.82, 2.24) is 14.3 Å². The van der Waals surface area contributed by atoms with Crippen LogP contribution in [0.25, 0.3) is 5.69 Å². The van der Waals surface area contributed by atoms with Crippen LogP contribution >= 0.6 is 0 Å². The Labute approximate surface area is 101 Å². The van der Waals surface area contributed by atoms with Crippen molar-refractivity contribution < 1.29 is 14.3 Å². The molecule has 6 nitrogen and oxygen atoms in total. The summed E-state index contributed by atoms with van der Waals surface area (Å²) in [5, 5.41) is 12.6. The third kappa shape index (κ3) is 1.90. The maximum atomic E-state index is 13.1. The molecule has 0 unspecified atom stereocenters. The molecule has 0 radical (unpaired) electrons. The Kier molecular flexibility index (Phi) is 2.97. The van der Waals surface area contributed by atoms with Crippen LogP contribution in [-0.2, 0) is 6.54 Å². The lowest BCUT2D eigenvalue weighted by Crippen LogP contribution is -2.24. The molecule has 1 aromatic carbocycles. The fourth-order valence-corrected chi connectivity index (χ4v) is 1.62.